The van der Waals surface area contributed by atoms with Gasteiger partial charge in [0.25, 0.3) is 0 Å². The number of hydroxylamine groups is 4. The van der Waals surface area contributed by atoms with E-state index in [2.05, 4.69) is 0 Å². The van der Waals surface area contributed by atoms with Crippen LogP contribution < -0.4 is 0 Å². The highest BCUT2D eigenvalue weighted by Gasteiger charge is 2.61. The second-order valence-corrected chi connectivity index (χ2v) is 13.7. The van der Waals surface area contributed by atoms with Crippen molar-refractivity contribution in [2.75, 3.05) is 0 Å². The molecule has 2 fully saturated rings. The monoisotopic (exact) mass is 498 g/mol. The Labute approximate surface area is 211 Å². The van der Waals surface area contributed by atoms with E-state index in [-0.39, 0.29) is 18.3 Å². The van der Waals surface area contributed by atoms with Gasteiger partial charge >= 0.3 is 11.9 Å². The molecular weight excluding hydrogens is 448 g/mol. The van der Waals surface area contributed by atoms with Crippen LogP contribution in [0.1, 0.15) is 120 Å². The van der Waals surface area contributed by atoms with E-state index in [9.17, 15) is 25.1 Å². The summed E-state index contributed by atoms with van der Waals surface area (Å²) in [5.41, 5.74) is -3.29. The number of hydrogen-bond donors (Lipinski definition) is 4. The fraction of sp³-hybridized carbons (Fsp3) is 0.926. The molecule has 204 valence electrons. The third kappa shape index (κ3) is 6.20. The smallest absolute Gasteiger partial charge is 0.310 e. The molecular formula is C27H50N2O6. The number of unbranched alkanes of at least 4 members (excludes halogenated alkanes) is 3. The molecule has 0 amide bonds. The Balaban J connectivity index is 2.47. The van der Waals surface area contributed by atoms with Crippen molar-refractivity contribution in [1.82, 2.24) is 10.1 Å². The fourth-order valence-corrected chi connectivity index (χ4v) is 7.51. The average molecular weight is 499 g/mol. The van der Waals surface area contributed by atoms with Crippen LogP contribution in [0.3, 0.4) is 0 Å². The molecule has 8 heteroatoms. The first kappa shape index (κ1) is 30.0. The molecule has 0 bridgehead atoms. The second kappa shape index (κ2) is 10.3. The van der Waals surface area contributed by atoms with Gasteiger partial charge in [-0.15, -0.1) is 0 Å². The van der Waals surface area contributed by atoms with Crippen LogP contribution in [0.25, 0.3) is 0 Å². The van der Waals surface area contributed by atoms with E-state index in [4.69, 9.17) is 5.11 Å². The number of piperidine rings is 2. The van der Waals surface area contributed by atoms with Gasteiger partial charge in [-0.3, -0.25) is 9.59 Å². The molecule has 0 aromatic carbocycles. The van der Waals surface area contributed by atoms with Gasteiger partial charge in [0.15, 0.2) is 0 Å². The molecule has 0 unspecified atom stereocenters. The summed E-state index contributed by atoms with van der Waals surface area (Å²) in [7, 11) is 0. The molecule has 0 aromatic rings. The molecule has 0 saturated carbocycles. The first-order valence-corrected chi connectivity index (χ1v) is 13.2. The van der Waals surface area contributed by atoms with Gasteiger partial charge in [-0.25, -0.2) is 0 Å². The molecule has 0 spiro atoms. The highest BCUT2D eigenvalue weighted by atomic mass is 16.5. The third-order valence-electron chi connectivity index (χ3n) is 8.86. The number of carboxylic acid groups (broad SMARTS) is 2. The fourth-order valence-electron chi connectivity index (χ4n) is 7.51. The number of carbonyl (C=O) groups is 2. The minimum Gasteiger partial charge on any atom is -0.481 e. The lowest BCUT2D eigenvalue weighted by molar-refractivity contribution is -0.276. The molecule has 35 heavy (non-hydrogen) atoms. The minimum atomic E-state index is -1.00. The van der Waals surface area contributed by atoms with E-state index in [0.29, 0.717) is 44.9 Å². The number of aliphatic carboxylic acids is 2. The summed E-state index contributed by atoms with van der Waals surface area (Å²) in [4.78, 5) is 24.3. The zero-order chi connectivity index (χ0) is 27.0. The second-order valence-electron chi connectivity index (χ2n) is 13.7. The Hall–Kier alpha value is -1.22. The molecule has 2 aliphatic rings. The number of nitrogens with zero attached hydrogens (tertiary/aromatic N) is 2. The first-order chi connectivity index (χ1) is 15.8. The van der Waals surface area contributed by atoms with Crippen molar-refractivity contribution in [2.45, 2.75) is 142 Å². The van der Waals surface area contributed by atoms with Crippen molar-refractivity contribution < 1.29 is 30.2 Å². The van der Waals surface area contributed by atoms with Crippen molar-refractivity contribution in [3.05, 3.63) is 0 Å². The van der Waals surface area contributed by atoms with Gasteiger partial charge in [-0.1, -0.05) is 19.3 Å². The lowest BCUT2D eigenvalue weighted by atomic mass is 9.52. The summed E-state index contributed by atoms with van der Waals surface area (Å²) in [6.45, 7) is 15.8. The Kier molecular flexibility index (Phi) is 8.80. The maximum absolute atomic E-state index is 13.4. The normalized spacial score (nSPS) is 25.4. The van der Waals surface area contributed by atoms with Crippen molar-refractivity contribution in [3.8, 4) is 0 Å². The van der Waals surface area contributed by atoms with Gasteiger partial charge in [0.05, 0.1) is 5.41 Å². The summed E-state index contributed by atoms with van der Waals surface area (Å²) in [5.74, 6) is -1.87. The third-order valence-corrected chi connectivity index (χ3v) is 8.86. The van der Waals surface area contributed by atoms with Gasteiger partial charge in [-0.05, 0) is 106 Å². The molecule has 2 heterocycles. The predicted molar refractivity (Wildman–Crippen MR) is 134 cm³/mol. The van der Waals surface area contributed by atoms with Crippen LogP contribution in [0.2, 0.25) is 0 Å². The Morgan fingerprint density at radius 2 is 1.03 bits per heavy atom. The van der Waals surface area contributed by atoms with Crippen LogP contribution >= 0.6 is 0 Å². The van der Waals surface area contributed by atoms with Gasteiger partial charge in [0, 0.05) is 28.6 Å². The van der Waals surface area contributed by atoms with Crippen molar-refractivity contribution >= 4 is 11.9 Å². The number of hydrogen-bond acceptors (Lipinski definition) is 6. The van der Waals surface area contributed by atoms with Gasteiger partial charge in [-0.2, -0.15) is 10.1 Å². The summed E-state index contributed by atoms with van der Waals surface area (Å²) < 4.78 is 0. The SMILES string of the molecule is CC1(C)CC(C(CCCCCCC(=O)O)(C(=O)O)C2CC(C)(C)N(O)C(C)(C)C2)CC(C)(C)N1O. The van der Waals surface area contributed by atoms with E-state index in [1.807, 2.05) is 55.4 Å². The molecule has 0 atom stereocenters. The maximum Gasteiger partial charge on any atom is 0.310 e. The first-order valence-electron chi connectivity index (χ1n) is 13.2. The standard InChI is InChI=1S/C27H50N2O6/c1-23(2)15-19(16-24(3,4)28(23)34)27(22(32)33,14-12-10-9-11-13-21(30)31)20-17-25(5,6)29(35)26(7,8)18-20/h19-20,34-35H,9-18H2,1-8H3,(H,30,31)(H,32,33). The van der Waals surface area contributed by atoms with Gasteiger partial charge < -0.3 is 20.6 Å². The lowest BCUT2D eigenvalue weighted by Crippen LogP contribution is -2.66. The lowest BCUT2D eigenvalue weighted by Gasteiger charge is -2.60. The van der Waals surface area contributed by atoms with Crippen molar-refractivity contribution in [1.29, 1.82) is 0 Å². The molecule has 0 aromatic heterocycles. The van der Waals surface area contributed by atoms with Crippen LogP contribution in [0.5, 0.6) is 0 Å². The highest BCUT2D eigenvalue weighted by molar-refractivity contribution is 5.76. The molecule has 2 aliphatic heterocycles. The summed E-state index contributed by atoms with van der Waals surface area (Å²) in [6.07, 6.45) is 5.79. The van der Waals surface area contributed by atoms with Crippen molar-refractivity contribution in [2.24, 2.45) is 17.3 Å². The van der Waals surface area contributed by atoms with E-state index < -0.39 is 39.5 Å². The van der Waals surface area contributed by atoms with Crippen LogP contribution in [0, 0.1) is 17.3 Å². The largest absolute Gasteiger partial charge is 0.481 e. The van der Waals surface area contributed by atoms with E-state index in [1.54, 1.807) is 0 Å². The maximum atomic E-state index is 13.4. The van der Waals surface area contributed by atoms with Crippen LogP contribution in [-0.2, 0) is 9.59 Å². The van der Waals surface area contributed by atoms with Crippen LogP contribution in [-0.4, -0.2) is 64.8 Å². The van der Waals surface area contributed by atoms with Crippen LogP contribution in [0.4, 0.5) is 0 Å². The zero-order valence-electron chi connectivity index (χ0n) is 23.2. The topological polar surface area (TPSA) is 122 Å². The highest BCUT2D eigenvalue weighted by Crippen LogP contribution is 2.58. The zero-order valence-corrected chi connectivity index (χ0v) is 23.2. The summed E-state index contributed by atoms with van der Waals surface area (Å²) in [5, 5.41) is 44.5. The van der Waals surface area contributed by atoms with E-state index in [1.165, 1.54) is 10.1 Å². The molecule has 0 radical (unpaired) electrons. The quantitative estimate of drug-likeness (QED) is 0.279. The molecule has 8 nitrogen and oxygen atoms in total. The Bertz CT molecular complexity index is 698. The minimum absolute atomic E-state index is 0.138. The predicted octanol–water partition coefficient (Wildman–Crippen LogP) is 5.80. The molecule has 2 rings (SSSR count). The molecule has 0 aliphatic carbocycles. The summed E-state index contributed by atoms with van der Waals surface area (Å²) >= 11 is 0. The van der Waals surface area contributed by atoms with Gasteiger partial charge in [0.2, 0.25) is 0 Å². The van der Waals surface area contributed by atoms with Crippen molar-refractivity contribution in [3.63, 3.8) is 0 Å². The average Bonchev–Trinajstić information content (AvgIpc) is 2.68. The summed E-state index contributed by atoms with van der Waals surface area (Å²) in [6, 6.07) is 0. The van der Waals surface area contributed by atoms with Crippen LogP contribution in [0.15, 0.2) is 0 Å². The van der Waals surface area contributed by atoms with E-state index >= 15 is 0 Å². The van der Waals surface area contributed by atoms with E-state index in [0.717, 1.165) is 12.8 Å². The van der Waals surface area contributed by atoms with Gasteiger partial charge in [0.1, 0.15) is 0 Å². The number of carboxylic acids is 2. The number of rotatable bonds is 10. The molecule has 4 N–H and O–H groups in total. The molecule has 2 saturated heterocycles. The Morgan fingerprint density at radius 1 is 0.686 bits per heavy atom. The Morgan fingerprint density at radius 3 is 1.34 bits per heavy atom.